The summed E-state index contributed by atoms with van der Waals surface area (Å²) in [5, 5.41) is 3.23. The van der Waals surface area contributed by atoms with Crippen molar-refractivity contribution in [2.24, 2.45) is 0 Å². The summed E-state index contributed by atoms with van der Waals surface area (Å²) >= 11 is 0. The molecule has 1 aliphatic rings. The van der Waals surface area contributed by atoms with Crippen LogP contribution in [-0.2, 0) is 0 Å². The summed E-state index contributed by atoms with van der Waals surface area (Å²) in [5.74, 6) is 0.698. The lowest BCUT2D eigenvalue weighted by Crippen LogP contribution is -2.24. The van der Waals surface area contributed by atoms with Gasteiger partial charge >= 0.3 is 0 Å². The van der Waals surface area contributed by atoms with E-state index in [9.17, 15) is 4.79 Å². The van der Waals surface area contributed by atoms with Crippen LogP contribution in [0.25, 0.3) is 0 Å². The van der Waals surface area contributed by atoms with E-state index in [0.717, 1.165) is 13.0 Å². The molecule has 2 rings (SSSR count). The molecule has 22 heavy (non-hydrogen) atoms. The number of hydrogen-bond donors (Lipinski definition) is 2. The van der Waals surface area contributed by atoms with E-state index in [-0.39, 0.29) is 5.78 Å². The Bertz CT molecular complexity index is 538. The van der Waals surface area contributed by atoms with Gasteiger partial charge in [0.25, 0.3) is 0 Å². The number of nitrogens with one attached hydrogen (secondary N) is 1. The highest BCUT2D eigenvalue weighted by Gasteiger charge is 2.09. The Labute approximate surface area is 132 Å². The van der Waals surface area contributed by atoms with Gasteiger partial charge in [-0.2, -0.15) is 0 Å². The number of benzene rings is 1. The maximum absolute atomic E-state index is 12.1. The monoisotopic (exact) mass is 302 g/mol. The standard InChI is InChI=1S/C18H26N2O2/c1-2-22-18-9-8-15(12-16(18)19)17(21)13-20-11-10-14-6-4-3-5-7-14/h6,8-9,12,20H,2-5,7,10-11,13,19H2,1H3. The highest BCUT2D eigenvalue weighted by atomic mass is 16.5. The number of allylic oxidation sites excluding steroid dienone is 1. The second-order valence-corrected chi connectivity index (χ2v) is 5.64. The Hall–Kier alpha value is -1.81. The molecule has 0 unspecified atom stereocenters. The first kappa shape index (κ1) is 16.6. The molecule has 1 aliphatic carbocycles. The molecule has 0 saturated carbocycles. The first-order valence-corrected chi connectivity index (χ1v) is 8.15. The molecule has 0 heterocycles. The highest BCUT2D eigenvalue weighted by Crippen LogP contribution is 2.22. The van der Waals surface area contributed by atoms with E-state index < -0.39 is 0 Å². The van der Waals surface area contributed by atoms with Crippen LogP contribution >= 0.6 is 0 Å². The normalized spacial score (nSPS) is 14.5. The second kappa shape index (κ2) is 8.59. The van der Waals surface area contributed by atoms with Crippen molar-refractivity contribution >= 4 is 11.5 Å². The van der Waals surface area contributed by atoms with Gasteiger partial charge in [-0.3, -0.25) is 4.79 Å². The molecular formula is C18H26N2O2. The summed E-state index contributed by atoms with van der Waals surface area (Å²) < 4.78 is 5.38. The molecule has 3 N–H and O–H groups in total. The molecular weight excluding hydrogens is 276 g/mol. The Kier molecular flexibility index (Phi) is 6.46. The van der Waals surface area contributed by atoms with Crippen molar-refractivity contribution in [2.75, 3.05) is 25.4 Å². The number of hydrogen-bond acceptors (Lipinski definition) is 4. The van der Waals surface area contributed by atoms with E-state index in [1.165, 1.54) is 31.3 Å². The van der Waals surface area contributed by atoms with Crippen molar-refractivity contribution in [3.8, 4) is 5.75 Å². The van der Waals surface area contributed by atoms with Crippen LogP contribution in [0.2, 0.25) is 0 Å². The Morgan fingerprint density at radius 1 is 1.36 bits per heavy atom. The van der Waals surface area contributed by atoms with Crippen LogP contribution in [-0.4, -0.2) is 25.5 Å². The Morgan fingerprint density at radius 2 is 2.23 bits per heavy atom. The van der Waals surface area contributed by atoms with Crippen LogP contribution in [0.5, 0.6) is 5.75 Å². The van der Waals surface area contributed by atoms with Crippen LogP contribution in [0, 0.1) is 0 Å². The summed E-state index contributed by atoms with van der Waals surface area (Å²) in [5.41, 5.74) is 8.56. The van der Waals surface area contributed by atoms with Crippen molar-refractivity contribution in [3.63, 3.8) is 0 Å². The fourth-order valence-corrected chi connectivity index (χ4v) is 2.69. The minimum atomic E-state index is 0.0624. The quantitative estimate of drug-likeness (QED) is 0.334. The molecule has 0 bridgehead atoms. The Morgan fingerprint density at radius 3 is 2.91 bits per heavy atom. The highest BCUT2D eigenvalue weighted by molar-refractivity contribution is 5.98. The van der Waals surface area contributed by atoms with Gasteiger partial charge in [0.05, 0.1) is 18.8 Å². The molecule has 0 aliphatic heterocycles. The van der Waals surface area contributed by atoms with Crippen molar-refractivity contribution in [1.82, 2.24) is 5.32 Å². The number of anilines is 1. The number of ketones is 1. The summed E-state index contributed by atoms with van der Waals surface area (Å²) in [6.45, 7) is 3.67. The molecule has 0 amide bonds. The van der Waals surface area contributed by atoms with Gasteiger partial charge in [-0.05, 0) is 63.8 Å². The summed E-state index contributed by atoms with van der Waals surface area (Å²) in [7, 11) is 0. The fourth-order valence-electron chi connectivity index (χ4n) is 2.69. The third kappa shape index (κ3) is 4.88. The van der Waals surface area contributed by atoms with Crippen molar-refractivity contribution in [3.05, 3.63) is 35.4 Å². The lowest BCUT2D eigenvalue weighted by atomic mass is 9.97. The SMILES string of the molecule is CCOc1ccc(C(=O)CNCCC2=CCCCC2)cc1N. The molecule has 0 radical (unpaired) electrons. The molecule has 4 nitrogen and oxygen atoms in total. The third-order valence-corrected chi connectivity index (χ3v) is 3.93. The Balaban J connectivity index is 1.77. The van der Waals surface area contributed by atoms with Gasteiger partial charge in [-0.25, -0.2) is 0 Å². The molecule has 0 spiro atoms. The molecule has 1 aromatic rings. The second-order valence-electron chi connectivity index (χ2n) is 5.64. The maximum atomic E-state index is 12.1. The van der Waals surface area contributed by atoms with Crippen molar-refractivity contribution in [1.29, 1.82) is 0 Å². The number of ether oxygens (including phenoxy) is 1. The average Bonchev–Trinajstić information content (AvgIpc) is 2.54. The van der Waals surface area contributed by atoms with Crippen molar-refractivity contribution < 1.29 is 9.53 Å². The van der Waals surface area contributed by atoms with Crippen LogP contribution in [0.4, 0.5) is 5.69 Å². The number of nitrogen functional groups attached to an aromatic ring is 1. The van der Waals surface area contributed by atoms with E-state index in [4.69, 9.17) is 10.5 Å². The van der Waals surface area contributed by atoms with E-state index in [1.807, 2.05) is 6.92 Å². The lowest BCUT2D eigenvalue weighted by Gasteiger charge is -2.13. The zero-order valence-electron chi connectivity index (χ0n) is 13.4. The lowest BCUT2D eigenvalue weighted by molar-refractivity contribution is 0.0991. The van der Waals surface area contributed by atoms with Gasteiger partial charge in [0.2, 0.25) is 0 Å². The van der Waals surface area contributed by atoms with E-state index in [1.54, 1.807) is 18.2 Å². The zero-order valence-corrected chi connectivity index (χ0v) is 13.4. The number of nitrogens with two attached hydrogens (primary N) is 1. The first-order valence-electron chi connectivity index (χ1n) is 8.15. The first-order chi connectivity index (χ1) is 10.7. The van der Waals surface area contributed by atoms with Crippen LogP contribution in [0.1, 0.15) is 49.4 Å². The van der Waals surface area contributed by atoms with E-state index in [0.29, 0.717) is 30.2 Å². The number of carbonyl (C=O) groups is 1. The van der Waals surface area contributed by atoms with Crippen LogP contribution in [0.15, 0.2) is 29.8 Å². The smallest absolute Gasteiger partial charge is 0.176 e. The zero-order chi connectivity index (χ0) is 15.8. The molecule has 0 aromatic heterocycles. The molecule has 0 saturated heterocycles. The minimum Gasteiger partial charge on any atom is -0.492 e. The van der Waals surface area contributed by atoms with Crippen LogP contribution in [0.3, 0.4) is 0 Å². The molecule has 0 atom stereocenters. The summed E-state index contributed by atoms with van der Waals surface area (Å²) in [4.78, 5) is 12.1. The topological polar surface area (TPSA) is 64.3 Å². The minimum absolute atomic E-state index is 0.0624. The maximum Gasteiger partial charge on any atom is 0.176 e. The predicted octanol–water partition coefficient (Wildman–Crippen LogP) is 3.33. The van der Waals surface area contributed by atoms with Gasteiger partial charge in [0.15, 0.2) is 5.78 Å². The predicted molar refractivity (Wildman–Crippen MR) is 90.4 cm³/mol. The molecule has 1 aromatic carbocycles. The van der Waals surface area contributed by atoms with Gasteiger partial charge in [-0.15, -0.1) is 0 Å². The molecule has 120 valence electrons. The number of carbonyl (C=O) groups excluding carboxylic acids is 1. The van der Waals surface area contributed by atoms with Crippen LogP contribution < -0.4 is 15.8 Å². The average molecular weight is 302 g/mol. The largest absolute Gasteiger partial charge is 0.492 e. The molecule has 4 heteroatoms. The van der Waals surface area contributed by atoms with Gasteiger partial charge in [0.1, 0.15) is 5.75 Å². The summed E-state index contributed by atoms with van der Waals surface area (Å²) in [6, 6.07) is 5.23. The van der Waals surface area contributed by atoms with Gasteiger partial charge < -0.3 is 15.8 Å². The number of Topliss-reactive ketones (excluding diaryl/α,β-unsaturated/α-hetero) is 1. The third-order valence-electron chi connectivity index (χ3n) is 3.93. The van der Waals surface area contributed by atoms with Gasteiger partial charge in [0, 0.05) is 5.56 Å². The summed E-state index contributed by atoms with van der Waals surface area (Å²) in [6.07, 6.45) is 8.43. The fraction of sp³-hybridized carbons (Fsp3) is 0.500. The van der Waals surface area contributed by atoms with Gasteiger partial charge in [-0.1, -0.05) is 11.6 Å². The van der Waals surface area contributed by atoms with E-state index >= 15 is 0 Å². The molecule has 0 fully saturated rings. The van der Waals surface area contributed by atoms with Crippen molar-refractivity contribution in [2.45, 2.75) is 39.0 Å². The number of rotatable bonds is 8. The van der Waals surface area contributed by atoms with E-state index in [2.05, 4.69) is 11.4 Å².